The van der Waals surface area contributed by atoms with Gasteiger partial charge in [0.25, 0.3) is 0 Å². The summed E-state index contributed by atoms with van der Waals surface area (Å²) in [4.78, 5) is 20.2. The Kier molecular flexibility index (Phi) is 5.00. The molecule has 0 radical (unpaired) electrons. The molecule has 3 aliphatic heterocycles. The highest BCUT2D eigenvalue weighted by Gasteiger charge is 2.48. The van der Waals surface area contributed by atoms with Gasteiger partial charge in [0.05, 0.1) is 0 Å². The molecule has 1 amide bonds. The fourth-order valence-electron chi connectivity index (χ4n) is 4.81. The standard InChI is InChI=1S/C21H39N3O/c1-19(2,3)23-11-7-17(8-12-23)18(25)22-13-9-21(10-14-22)15-24(16-21)20(4,5)6/h17H,7-16H2,1-6H3. The Hall–Kier alpha value is -0.610. The summed E-state index contributed by atoms with van der Waals surface area (Å²) in [5.41, 5.74) is 1.02. The molecule has 0 bridgehead atoms. The number of nitrogens with zero attached hydrogens (tertiary/aromatic N) is 3. The smallest absolute Gasteiger partial charge is 0.225 e. The van der Waals surface area contributed by atoms with Crippen molar-refractivity contribution in [2.24, 2.45) is 11.3 Å². The van der Waals surface area contributed by atoms with E-state index in [-0.39, 0.29) is 11.5 Å². The topological polar surface area (TPSA) is 26.8 Å². The van der Waals surface area contributed by atoms with Crippen molar-refractivity contribution < 1.29 is 4.79 Å². The van der Waals surface area contributed by atoms with Crippen LogP contribution in [0.15, 0.2) is 0 Å². The van der Waals surface area contributed by atoms with Crippen molar-refractivity contribution in [2.75, 3.05) is 39.3 Å². The molecule has 3 aliphatic rings. The Morgan fingerprint density at radius 3 is 1.72 bits per heavy atom. The predicted molar refractivity (Wildman–Crippen MR) is 104 cm³/mol. The number of carbonyl (C=O) groups excluding carboxylic acids is 1. The normalized spacial score (nSPS) is 26.7. The number of rotatable bonds is 1. The van der Waals surface area contributed by atoms with Crippen LogP contribution in [-0.2, 0) is 4.79 Å². The molecule has 4 heteroatoms. The molecule has 0 aromatic rings. The Labute approximate surface area is 154 Å². The van der Waals surface area contributed by atoms with Crippen molar-refractivity contribution in [3.05, 3.63) is 0 Å². The van der Waals surface area contributed by atoms with Crippen LogP contribution in [0.1, 0.15) is 67.2 Å². The van der Waals surface area contributed by atoms with Crippen molar-refractivity contribution in [2.45, 2.75) is 78.3 Å². The molecule has 3 fully saturated rings. The quantitative estimate of drug-likeness (QED) is 0.727. The first-order valence-electron chi connectivity index (χ1n) is 10.3. The van der Waals surface area contributed by atoms with E-state index in [0.29, 0.717) is 16.9 Å². The van der Waals surface area contributed by atoms with Gasteiger partial charge in [-0.3, -0.25) is 14.6 Å². The third-order valence-corrected chi connectivity index (χ3v) is 6.93. The van der Waals surface area contributed by atoms with Crippen LogP contribution >= 0.6 is 0 Å². The number of hydrogen-bond donors (Lipinski definition) is 0. The zero-order valence-corrected chi connectivity index (χ0v) is 17.4. The lowest BCUT2D eigenvalue weighted by Crippen LogP contribution is -2.65. The van der Waals surface area contributed by atoms with Gasteiger partial charge in [-0.1, -0.05) is 0 Å². The summed E-state index contributed by atoms with van der Waals surface area (Å²) < 4.78 is 0. The summed E-state index contributed by atoms with van der Waals surface area (Å²) in [6.45, 7) is 20.3. The molecule has 1 spiro atoms. The SMILES string of the molecule is CC(C)(C)N1CCC(C(=O)N2CCC3(CC2)CN(C(C)(C)C)C3)CC1. The van der Waals surface area contributed by atoms with Gasteiger partial charge < -0.3 is 4.90 Å². The van der Waals surface area contributed by atoms with E-state index in [9.17, 15) is 4.79 Å². The molecule has 144 valence electrons. The van der Waals surface area contributed by atoms with Gasteiger partial charge in [-0.15, -0.1) is 0 Å². The molecule has 3 rings (SSSR count). The predicted octanol–water partition coefficient (Wildman–Crippen LogP) is 3.22. The highest BCUT2D eigenvalue weighted by Crippen LogP contribution is 2.43. The van der Waals surface area contributed by atoms with Gasteiger partial charge in [-0.2, -0.15) is 0 Å². The van der Waals surface area contributed by atoms with E-state index in [1.807, 2.05) is 0 Å². The summed E-state index contributed by atoms with van der Waals surface area (Å²) >= 11 is 0. The lowest BCUT2D eigenvalue weighted by atomic mass is 9.70. The summed E-state index contributed by atoms with van der Waals surface area (Å²) in [6.07, 6.45) is 4.48. The first-order chi connectivity index (χ1) is 11.5. The minimum absolute atomic E-state index is 0.231. The van der Waals surface area contributed by atoms with Crippen molar-refractivity contribution in [1.82, 2.24) is 14.7 Å². The van der Waals surface area contributed by atoms with Crippen LogP contribution in [-0.4, -0.2) is 71.0 Å². The first kappa shape index (κ1) is 19.2. The summed E-state index contributed by atoms with van der Waals surface area (Å²) in [5.74, 6) is 0.704. The van der Waals surface area contributed by atoms with Crippen LogP contribution in [0.25, 0.3) is 0 Å². The molecular formula is C21H39N3O. The molecule has 0 aromatic carbocycles. The number of amides is 1. The monoisotopic (exact) mass is 349 g/mol. The molecule has 3 heterocycles. The van der Waals surface area contributed by atoms with Crippen molar-refractivity contribution in [3.63, 3.8) is 0 Å². The van der Waals surface area contributed by atoms with E-state index in [1.165, 1.54) is 25.9 Å². The van der Waals surface area contributed by atoms with E-state index in [2.05, 4.69) is 56.2 Å². The van der Waals surface area contributed by atoms with Gasteiger partial charge in [-0.25, -0.2) is 0 Å². The second kappa shape index (κ2) is 6.53. The fourth-order valence-corrected chi connectivity index (χ4v) is 4.81. The second-order valence-electron chi connectivity index (χ2n) is 10.8. The minimum atomic E-state index is 0.231. The van der Waals surface area contributed by atoms with Gasteiger partial charge in [-0.05, 0) is 85.7 Å². The molecule has 4 nitrogen and oxygen atoms in total. The van der Waals surface area contributed by atoms with Crippen LogP contribution in [0.3, 0.4) is 0 Å². The van der Waals surface area contributed by atoms with Crippen molar-refractivity contribution in [1.29, 1.82) is 0 Å². The van der Waals surface area contributed by atoms with Crippen molar-refractivity contribution >= 4 is 5.91 Å². The Morgan fingerprint density at radius 1 is 0.800 bits per heavy atom. The number of hydrogen-bond acceptors (Lipinski definition) is 3. The average molecular weight is 350 g/mol. The largest absolute Gasteiger partial charge is 0.342 e. The lowest BCUT2D eigenvalue weighted by Gasteiger charge is -2.58. The third kappa shape index (κ3) is 4.05. The van der Waals surface area contributed by atoms with Crippen LogP contribution in [0.4, 0.5) is 0 Å². The molecule has 0 aromatic heterocycles. The van der Waals surface area contributed by atoms with Crippen molar-refractivity contribution in [3.8, 4) is 0 Å². The zero-order valence-electron chi connectivity index (χ0n) is 17.4. The molecule has 0 N–H and O–H groups in total. The Bertz CT molecular complexity index is 478. The Morgan fingerprint density at radius 2 is 1.28 bits per heavy atom. The summed E-state index contributed by atoms with van der Waals surface area (Å²) in [6, 6.07) is 0. The van der Waals surface area contributed by atoms with E-state index < -0.39 is 0 Å². The van der Waals surface area contributed by atoms with Crippen LogP contribution < -0.4 is 0 Å². The van der Waals surface area contributed by atoms with Gasteiger partial charge in [0.15, 0.2) is 0 Å². The molecular weight excluding hydrogens is 310 g/mol. The van der Waals surface area contributed by atoms with Gasteiger partial charge >= 0.3 is 0 Å². The van der Waals surface area contributed by atoms with E-state index >= 15 is 0 Å². The molecule has 0 unspecified atom stereocenters. The Balaban J connectivity index is 1.46. The average Bonchev–Trinajstić information content (AvgIpc) is 2.50. The van der Waals surface area contributed by atoms with Crippen LogP contribution in [0, 0.1) is 11.3 Å². The van der Waals surface area contributed by atoms with Crippen LogP contribution in [0.2, 0.25) is 0 Å². The second-order valence-corrected chi connectivity index (χ2v) is 10.8. The van der Waals surface area contributed by atoms with E-state index in [0.717, 1.165) is 39.0 Å². The highest BCUT2D eigenvalue weighted by molar-refractivity contribution is 5.79. The highest BCUT2D eigenvalue weighted by atomic mass is 16.2. The van der Waals surface area contributed by atoms with Crippen LogP contribution in [0.5, 0.6) is 0 Å². The maximum atomic E-state index is 12.9. The maximum absolute atomic E-state index is 12.9. The summed E-state index contributed by atoms with van der Waals surface area (Å²) in [7, 11) is 0. The molecule has 0 saturated carbocycles. The van der Waals surface area contributed by atoms with E-state index in [1.54, 1.807) is 0 Å². The summed E-state index contributed by atoms with van der Waals surface area (Å²) in [5, 5.41) is 0. The number of carbonyl (C=O) groups is 1. The van der Waals surface area contributed by atoms with Gasteiger partial charge in [0.1, 0.15) is 0 Å². The number of piperidine rings is 2. The minimum Gasteiger partial charge on any atom is -0.342 e. The third-order valence-electron chi connectivity index (χ3n) is 6.93. The van der Waals surface area contributed by atoms with Gasteiger partial charge in [0.2, 0.25) is 5.91 Å². The van der Waals surface area contributed by atoms with E-state index in [4.69, 9.17) is 0 Å². The van der Waals surface area contributed by atoms with Gasteiger partial charge in [0, 0.05) is 43.2 Å². The fraction of sp³-hybridized carbons (Fsp3) is 0.952. The molecule has 3 saturated heterocycles. The zero-order chi connectivity index (χ0) is 18.5. The maximum Gasteiger partial charge on any atom is 0.225 e. The molecule has 0 atom stereocenters. The molecule has 25 heavy (non-hydrogen) atoms. The first-order valence-corrected chi connectivity index (χ1v) is 10.3. The molecule has 0 aliphatic carbocycles. The number of likely N-dealkylation sites (tertiary alicyclic amines) is 3. The lowest BCUT2D eigenvalue weighted by molar-refractivity contribution is -0.145.